The minimum atomic E-state index is -3.48. The molecule has 8 heteroatoms. The molecule has 114 valence electrons. The second-order valence-corrected chi connectivity index (χ2v) is 7.75. The summed E-state index contributed by atoms with van der Waals surface area (Å²) in [6.07, 6.45) is 3.58. The van der Waals surface area contributed by atoms with E-state index in [4.69, 9.17) is 17.3 Å². The Morgan fingerprint density at radius 1 is 1.45 bits per heavy atom. The van der Waals surface area contributed by atoms with Crippen LogP contribution in [0.5, 0.6) is 0 Å². The van der Waals surface area contributed by atoms with E-state index in [1.165, 1.54) is 22.1 Å². The maximum atomic E-state index is 12.5. The van der Waals surface area contributed by atoms with Gasteiger partial charge < -0.3 is 5.73 Å². The lowest BCUT2D eigenvalue weighted by Gasteiger charge is -2.29. The van der Waals surface area contributed by atoms with Crippen LogP contribution in [0.25, 0.3) is 0 Å². The lowest BCUT2D eigenvalue weighted by atomic mass is 10.1. The molecule has 4 nitrogen and oxygen atoms in total. The first-order valence-corrected chi connectivity index (χ1v) is 9.08. The molecule has 0 amide bonds. The summed E-state index contributed by atoms with van der Waals surface area (Å²) in [5, 5.41) is 0.467. The van der Waals surface area contributed by atoms with Crippen LogP contribution in [0.1, 0.15) is 12.8 Å². The number of hydrogen-bond acceptors (Lipinski definition) is 4. The van der Waals surface area contributed by atoms with Gasteiger partial charge in [-0.2, -0.15) is 4.31 Å². The highest BCUT2D eigenvalue weighted by molar-refractivity contribution is 7.98. The highest BCUT2D eigenvalue weighted by Gasteiger charge is 2.29. The summed E-state index contributed by atoms with van der Waals surface area (Å²) in [5.41, 5.74) is 5.84. The molecule has 0 aromatic heterocycles. The SMILES string of the molecule is CSc1ccc(S(=O)(=O)N2CCCC(N)C2)cc1Cl.Cl. The van der Waals surface area contributed by atoms with E-state index in [-0.39, 0.29) is 23.3 Å². The summed E-state index contributed by atoms with van der Waals surface area (Å²) in [7, 11) is -3.48. The molecule has 1 aliphatic rings. The zero-order valence-electron chi connectivity index (χ0n) is 11.1. The van der Waals surface area contributed by atoms with E-state index in [0.29, 0.717) is 18.1 Å². The molecular formula is C12H18Cl2N2O2S2. The fourth-order valence-electron chi connectivity index (χ4n) is 2.15. The molecule has 1 heterocycles. The Hall–Kier alpha value is 0.0200. The van der Waals surface area contributed by atoms with E-state index in [9.17, 15) is 8.42 Å². The predicted molar refractivity (Wildman–Crippen MR) is 86.4 cm³/mol. The van der Waals surface area contributed by atoms with Crippen LogP contribution >= 0.6 is 35.8 Å². The average Bonchev–Trinajstić information content (AvgIpc) is 2.38. The lowest BCUT2D eigenvalue weighted by Crippen LogP contribution is -2.45. The van der Waals surface area contributed by atoms with Crippen molar-refractivity contribution in [3.8, 4) is 0 Å². The van der Waals surface area contributed by atoms with Gasteiger partial charge in [0, 0.05) is 24.0 Å². The van der Waals surface area contributed by atoms with E-state index in [2.05, 4.69) is 0 Å². The molecule has 1 atom stereocenters. The van der Waals surface area contributed by atoms with Crippen LogP contribution in [0.4, 0.5) is 0 Å². The third-order valence-corrected chi connectivity index (χ3v) is 6.26. The third kappa shape index (κ3) is 3.81. The number of nitrogens with two attached hydrogens (primary N) is 1. The predicted octanol–water partition coefficient (Wildman–Crippen LogP) is 2.60. The average molecular weight is 357 g/mol. The van der Waals surface area contributed by atoms with Crippen LogP contribution in [-0.4, -0.2) is 38.1 Å². The van der Waals surface area contributed by atoms with Gasteiger partial charge in [-0.25, -0.2) is 8.42 Å². The monoisotopic (exact) mass is 356 g/mol. The number of rotatable bonds is 3. The van der Waals surface area contributed by atoms with Gasteiger partial charge in [-0.1, -0.05) is 11.6 Å². The number of piperidine rings is 1. The molecule has 2 N–H and O–H groups in total. The van der Waals surface area contributed by atoms with Gasteiger partial charge in [0.15, 0.2) is 0 Å². The smallest absolute Gasteiger partial charge is 0.243 e. The summed E-state index contributed by atoms with van der Waals surface area (Å²) in [4.78, 5) is 1.11. The Bertz CT molecular complexity index is 567. The normalized spacial score (nSPS) is 20.4. The Morgan fingerprint density at radius 2 is 2.15 bits per heavy atom. The third-order valence-electron chi connectivity index (χ3n) is 3.18. The van der Waals surface area contributed by atoms with E-state index < -0.39 is 10.0 Å². The van der Waals surface area contributed by atoms with Crippen molar-refractivity contribution >= 4 is 45.8 Å². The van der Waals surface area contributed by atoms with Crippen LogP contribution in [0, 0.1) is 0 Å². The maximum absolute atomic E-state index is 12.5. The Balaban J connectivity index is 0.00000200. The summed E-state index contributed by atoms with van der Waals surface area (Å²) in [6, 6.07) is 4.78. The Kier molecular flexibility index (Phi) is 6.63. The van der Waals surface area contributed by atoms with Crippen molar-refractivity contribution < 1.29 is 8.42 Å². The standard InChI is InChI=1S/C12H17ClN2O2S2.ClH/c1-18-12-5-4-10(7-11(12)13)19(16,17)15-6-2-3-9(14)8-15;/h4-5,7,9H,2-3,6,8,14H2,1H3;1H. The van der Waals surface area contributed by atoms with Gasteiger partial charge in [0.05, 0.1) is 9.92 Å². The zero-order valence-corrected chi connectivity index (χ0v) is 14.3. The minimum Gasteiger partial charge on any atom is -0.327 e. The second-order valence-electron chi connectivity index (χ2n) is 4.56. The van der Waals surface area contributed by atoms with Gasteiger partial charge in [-0.05, 0) is 37.3 Å². The molecule has 1 aliphatic heterocycles. The first-order chi connectivity index (χ1) is 8.95. The molecule has 0 saturated carbocycles. The van der Waals surface area contributed by atoms with Gasteiger partial charge in [-0.3, -0.25) is 0 Å². The van der Waals surface area contributed by atoms with Crippen molar-refractivity contribution in [3.63, 3.8) is 0 Å². The molecule has 0 bridgehead atoms. The van der Waals surface area contributed by atoms with Gasteiger partial charge in [0.1, 0.15) is 0 Å². The molecule has 1 aromatic rings. The number of nitrogens with zero attached hydrogens (tertiary/aromatic N) is 1. The fraction of sp³-hybridized carbons (Fsp3) is 0.500. The second kappa shape index (κ2) is 7.33. The van der Waals surface area contributed by atoms with Crippen molar-refractivity contribution in [3.05, 3.63) is 23.2 Å². The van der Waals surface area contributed by atoms with Crippen molar-refractivity contribution in [1.29, 1.82) is 0 Å². The topological polar surface area (TPSA) is 63.4 Å². The minimum absolute atomic E-state index is 0. The molecule has 0 spiro atoms. The van der Waals surface area contributed by atoms with E-state index >= 15 is 0 Å². The number of halogens is 2. The van der Waals surface area contributed by atoms with Crippen molar-refractivity contribution in [1.82, 2.24) is 4.31 Å². The summed E-state index contributed by atoms with van der Waals surface area (Å²) in [5.74, 6) is 0. The highest BCUT2D eigenvalue weighted by atomic mass is 35.5. The van der Waals surface area contributed by atoms with Crippen LogP contribution in [0.15, 0.2) is 28.0 Å². The number of benzene rings is 1. The van der Waals surface area contributed by atoms with Crippen molar-refractivity contribution in [2.75, 3.05) is 19.3 Å². The van der Waals surface area contributed by atoms with Gasteiger partial charge in [0.25, 0.3) is 0 Å². The summed E-state index contributed by atoms with van der Waals surface area (Å²) >= 11 is 7.57. The van der Waals surface area contributed by atoms with E-state index in [1.54, 1.807) is 12.1 Å². The highest BCUT2D eigenvalue weighted by Crippen LogP contribution is 2.29. The van der Waals surface area contributed by atoms with Gasteiger partial charge in [0.2, 0.25) is 10.0 Å². The summed E-state index contributed by atoms with van der Waals surface area (Å²) in [6.45, 7) is 0.905. The lowest BCUT2D eigenvalue weighted by molar-refractivity contribution is 0.316. The van der Waals surface area contributed by atoms with Crippen LogP contribution in [-0.2, 0) is 10.0 Å². The Morgan fingerprint density at radius 3 is 2.70 bits per heavy atom. The summed E-state index contributed by atoms with van der Waals surface area (Å²) < 4.78 is 26.4. The first-order valence-electron chi connectivity index (χ1n) is 6.04. The quantitative estimate of drug-likeness (QED) is 0.845. The molecule has 20 heavy (non-hydrogen) atoms. The van der Waals surface area contributed by atoms with Gasteiger partial charge >= 0.3 is 0 Å². The number of sulfonamides is 1. The molecular weight excluding hydrogens is 339 g/mol. The van der Waals surface area contributed by atoms with Gasteiger partial charge in [-0.15, -0.1) is 24.2 Å². The maximum Gasteiger partial charge on any atom is 0.243 e. The van der Waals surface area contributed by atoms with Crippen LogP contribution < -0.4 is 5.73 Å². The van der Waals surface area contributed by atoms with Crippen molar-refractivity contribution in [2.45, 2.75) is 28.7 Å². The van der Waals surface area contributed by atoms with E-state index in [0.717, 1.165) is 17.7 Å². The van der Waals surface area contributed by atoms with E-state index in [1.807, 2.05) is 6.26 Å². The zero-order chi connectivity index (χ0) is 14.0. The first kappa shape index (κ1) is 18.1. The fourth-order valence-corrected chi connectivity index (χ4v) is 4.65. The molecule has 1 fully saturated rings. The Labute approximate surface area is 135 Å². The molecule has 2 rings (SSSR count). The number of thioether (sulfide) groups is 1. The number of hydrogen-bond donors (Lipinski definition) is 1. The van der Waals surface area contributed by atoms with Crippen LogP contribution in [0.2, 0.25) is 5.02 Å². The largest absolute Gasteiger partial charge is 0.327 e. The molecule has 0 radical (unpaired) electrons. The molecule has 1 unspecified atom stereocenters. The molecule has 0 aliphatic carbocycles. The molecule has 1 aromatic carbocycles. The van der Waals surface area contributed by atoms with Crippen LogP contribution in [0.3, 0.4) is 0 Å². The van der Waals surface area contributed by atoms with Crippen molar-refractivity contribution in [2.24, 2.45) is 5.73 Å². The molecule has 1 saturated heterocycles.